The number of ether oxygens (including phenoxy) is 1. The van der Waals surface area contributed by atoms with Crippen LogP contribution in [0.5, 0.6) is 5.75 Å². The molecule has 1 saturated heterocycles. The van der Waals surface area contributed by atoms with Crippen LogP contribution in [0, 0.1) is 0 Å². The average molecular weight is 392 g/mol. The van der Waals surface area contributed by atoms with Gasteiger partial charge in [0.05, 0.1) is 24.6 Å². The molecule has 1 aliphatic heterocycles. The van der Waals surface area contributed by atoms with Crippen LogP contribution in [0.25, 0.3) is 11.0 Å². The molecule has 2 aromatic carbocycles. The van der Waals surface area contributed by atoms with Gasteiger partial charge in [-0.1, -0.05) is 12.1 Å². The number of methoxy groups -OCH3 is 1. The largest absolute Gasteiger partial charge is 0.497 e. The molecule has 0 radical (unpaired) electrons. The van der Waals surface area contributed by atoms with E-state index in [2.05, 4.69) is 10.3 Å². The molecule has 0 unspecified atom stereocenters. The number of imidazole rings is 1. The molecule has 29 heavy (non-hydrogen) atoms. The van der Waals surface area contributed by atoms with Crippen molar-refractivity contribution in [3.05, 3.63) is 54.4 Å². The molecule has 1 aromatic heterocycles. The molecule has 3 aromatic rings. The minimum atomic E-state index is -0.173. The number of hydrogen-bond acceptors (Lipinski definition) is 4. The second-order valence-corrected chi connectivity index (χ2v) is 7.14. The van der Waals surface area contributed by atoms with Crippen molar-refractivity contribution in [2.45, 2.75) is 25.8 Å². The van der Waals surface area contributed by atoms with Crippen LogP contribution in [0.1, 0.15) is 18.7 Å². The first-order valence-corrected chi connectivity index (χ1v) is 9.80. The van der Waals surface area contributed by atoms with Crippen molar-refractivity contribution in [2.75, 3.05) is 25.5 Å². The summed E-state index contributed by atoms with van der Waals surface area (Å²) in [7, 11) is 1.60. The Kier molecular flexibility index (Phi) is 5.46. The van der Waals surface area contributed by atoms with E-state index in [1.807, 2.05) is 33.7 Å². The second-order valence-electron chi connectivity index (χ2n) is 7.14. The van der Waals surface area contributed by atoms with Gasteiger partial charge in [0, 0.05) is 18.8 Å². The topological polar surface area (TPSA) is 76.5 Å². The fraction of sp³-hybridized carbons (Fsp3) is 0.318. The summed E-state index contributed by atoms with van der Waals surface area (Å²) in [6.45, 7) is 1.70. The zero-order valence-corrected chi connectivity index (χ0v) is 16.4. The van der Waals surface area contributed by atoms with E-state index in [0.717, 1.165) is 42.7 Å². The Labute approximate surface area is 169 Å². The second kappa shape index (κ2) is 8.34. The number of hydrogen-bond donors (Lipinski definition) is 1. The van der Waals surface area contributed by atoms with Crippen molar-refractivity contribution in [3.8, 4) is 5.75 Å². The van der Waals surface area contributed by atoms with E-state index in [4.69, 9.17) is 4.74 Å². The number of nitrogens with zero attached hydrogens (tertiary/aromatic N) is 3. The first-order chi connectivity index (χ1) is 14.1. The summed E-state index contributed by atoms with van der Waals surface area (Å²) < 4.78 is 6.98. The van der Waals surface area contributed by atoms with Crippen molar-refractivity contribution in [2.24, 2.45) is 0 Å². The first kappa shape index (κ1) is 19.0. The van der Waals surface area contributed by atoms with Gasteiger partial charge in [-0.2, -0.15) is 0 Å². The van der Waals surface area contributed by atoms with Gasteiger partial charge in [-0.15, -0.1) is 0 Å². The summed E-state index contributed by atoms with van der Waals surface area (Å²) in [6.07, 6.45) is 2.29. The molecule has 1 aliphatic rings. The Morgan fingerprint density at radius 1 is 1.07 bits per heavy atom. The predicted octanol–water partition coefficient (Wildman–Crippen LogP) is 2.85. The van der Waals surface area contributed by atoms with Crippen molar-refractivity contribution < 1.29 is 14.3 Å². The van der Waals surface area contributed by atoms with Gasteiger partial charge >= 0.3 is 0 Å². The minimum Gasteiger partial charge on any atom is -0.497 e. The molecule has 150 valence electrons. The summed E-state index contributed by atoms with van der Waals surface area (Å²) >= 11 is 0. The summed E-state index contributed by atoms with van der Waals surface area (Å²) in [5.41, 5.74) is 2.32. The highest BCUT2D eigenvalue weighted by Crippen LogP contribution is 2.19. The van der Waals surface area contributed by atoms with Crippen molar-refractivity contribution in [1.82, 2.24) is 14.5 Å². The van der Waals surface area contributed by atoms with Gasteiger partial charge in [-0.25, -0.2) is 4.98 Å². The monoisotopic (exact) mass is 392 g/mol. The Morgan fingerprint density at radius 3 is 2.52 bits per heavy atom. The van der Waals surface area contributed by atoms with Gasteiger partial charge in [0.15, 0.2) is 0 Å². The van der Waals surface area contributed by atoms with Crippen LogP contribution in [0.2, 0.25) is 0 Å². The van der Waals surface area contributed by atoms with E-state index >= 15 is 0 Å². The third-order valence-corrected chi connectivity index (χ3v) is 5.18. The lowest BCUT2D eigenvalue weighted by atomic mass is 10.3. The fourth-order valence-electron chi connectivity index (χ4n) is 3.67. The van der Waals surface area contributed by atoms with E-state index < -0.39 is 0 Å². The molecule has 7 heteroatoms. The molecule has 2 heterocycles. The van der Waals surface area contributed by atoms with E-state index in [0.29, 0.717) is 11.5 Å². The van der Waals surface area contributed by atoms with Crippen LogP contribution < -0.4 is 10.1 Å². The maximum absolute atomic E-state index is 12.7. The summed E-state index contributed by atoms with van der Waals surface area (Å²) in [5, 5.41) is 2.89. The van der Waals surface area contributed by atoms with Gasteiger partial charge in [0.2, 0.25) is 11.8 Å². The molecule has 0 bridgehead atoms. The maximum Gasteiger partial charge on any atom is 0.244 e. The molecule has 1 fully saturated rings. The predicted molar refractivity (Wildman–Crippen MR) is 111 cm³/mol. The van der Waals surface area contributed by atoms with Gasteiger partial charge < -0.3 is 19.5 Å². The number of rotatable bonds is 6. The highest BCUT2D eigenvalue weighted by Gasteiger charge is 2.22. The van der Waals surface area contributed by atoms with Crippen molar-refractivity contribution >= 4 is 28.5 Å². The van der Waals surface area contributed by atoms with Gasteiger partial charge in [0.25, 0.3) is 0 Å². The zero-order valence-electron chi connectivity index (χ0n) is 16.4. The smallest absolute Gasteiger partial charge is 0.244 e. The number of likely N-dealkylation sites (tertiary alicyclic amines) is 1. The van der Waals surface area contributed by atoms with Gasteiger partial charge in [-0.05, 0) is 49.2 Å². The van der Waals surface area contributed by atoms with Gasteiger partial charge in [-0.3, -0.25) is 9.59 Å². The third-order valence-electron chi connectivity index (χ3n) is 5.18. The number of aromatic nitrogens is 2. The van der Waals surface area contributed by atoms with Crippen LogP contribution >= 0.6 is 0 Å². The van der Waals surface area contributed by atoms with Crippen LogP contribution in [-0.4, -0.2) is 46.5 Å². The average Bonchev–Trinajstić information content (AvgIpc) is 3.38. The molecule has 7 nitrogen and oxygen atoms in total. The number of fused-ring (bicyclic) bond motifs is 1. The number of nitrogens with one attached hydrogen (secondary N) is 1. The van der Waals surface area contributed by atoms with E-state index in [1.165, 1.54) is 0 Å². The number of carbonyl (C=O) groups is 2. The minimum absolute atomic E-state index is 0.0645. The van der Waals surface area contributed by atoms with Gasteiger partial charge in [0.1, 0.15) is 18.1 Å². The van der Waals surface area contributed by atoms with E-state index in [-0.39, 0.29) is 24.8 Å². The molecule has 2 amide bonds. The summed E-state index contributed by atoms with van der Waals surface area (Å²) in [5.74, 6) is 1.24. The zero-order chi connectivity index (χ0) is 20.2. The number of amides is 2. The molecule has 0 aliphatic carbocycles. The number of benzene rings is 2. The SMILES string of the molecule is COc1ccc(NC(=O)Cn2c(CC(=O)N3CCCC3)nc3ccccc32)cc1. The summed E-state index contributed by atoms with van der Waals surface area (Å²) in [6, 6.07) is 14.8. The summed E-state index contributed by atoms with van der Waals surface area (Å²) in [4.78, 5) is 31.8. The number of para-hydroxylation sites is 2. The molecule has 4 rings (SSSR count). The van der Waals surface area contributed by atoms with Crippen molar-refractivity contribution in [3.63, 3.8) is 0 Å². The number of anilines is 1. The Morgan fingerprint density at radius 2 is 1.79 bits per heavy atom. The molecular weight excluding hydrogens is 368 g/mol. The Bertz CT molecular complexity index is 1020. The lowest BCUT2D eigenvalue weighted by Crippen LogP contribution is -2.30. The highest BCUT2D eigenvalue weighted by atomic mass is 16.5. The van der Waals surface area contributed by atoms with E-state index in [9.17, 15) is 9.59 Å². The van der Waals surface area contributed by atoms with Crippen LogP contribution in [0.3, 0.4) is 0 Å². The highest BCUT2D eigenvalue weighted by molar-refractivity contribution is 5.92. The van der Waals surface area contributed by atoms with Crippen LogP contribution in [-0.2, 0) is 22.6 Å². The standard InChI is InChI=1S/C22H24N4O3/c1-29-17-10-8-16(9-11-17)23-21(27)15-26-19-7-3-2-6-18(19)24-20(26)14-22(28)25-12-4-5-13-25/h2-3,6-11H,4-5,12-15H2,1H3,(H,23,27). The fourth-order valence-corrected chi connectivity index (χ4v) is 3.67. The van der Waals surface area contributed by atoms with Crippen LogP contribution in [0.15, 0.2) is 48.5 Å². The van der Waals surface area contributed by atoms with Crippen molar-refractivity contribution in [1.29, 1.82) is 0 Å². The lowest BCUT2D eigenvalue weighted by molar-refractivity contribution is -0.129. The van der Waals surface area contributed by atoms with E-state index in [1.54, 1.807) is 31.4 Å². The van der Waals surface area contributed by atoms with Crippen LogP contribution in [0.4, 0.5) is 5.69 Å². The lowest BCUT2D eigenvalue weighted by Gasteiger charge is -2.16. The molecular formula is C22H24N4O3. The number of carbonyl (C=O) groups excluding carboxylic acids is 2. The normalized spacial score (nSPS) is 13.6. The third kappa shape index (κ3) is 4.23. The molecule has 1 N–H and O–H groups in total. The quantitative estimate of drug-likeness (QED) is 0.700. The Hall–Kier alpha value is -3.35. The molecule has 0 saturated carbocycles. The first-order valence-electron chi connectivity index (χ1n) is 9.80. The molecule has 0 spiro atoms. The Balaban J connectivity index is 1.54. The maximum atomic E-state index is 12.7. The molecule has 0 atom stereocenters.